The van der Waals surface area contributed by atoms with Crippen molar-refractivity contribution in [2.24, 2.45) is 11.8 Å². The molecule has 56 valence electrons. The highest BCUT2D eigenvalue weighted by molar-refractivity contribution is 5.73. The highest BCUT2D eigenvalue weighted by Gasteiger charge is 2.42. The summed E-state index contributed by atoms with van der Waals surface area (Å²) in [7, 11) is 0. The van der Waals surface area contributed by atoms with Crippen molar-refractivity contribution in [1.82, 2.24) is 0 Å². The van der Waals surface area contributed by atoms with Crippen LogP contribution in [0.15, 0.2) is 12.2 Å². The van der Waals surface area contributed by atoms with Gasteiger partial charge in [-0.3, -0.25) is 4.79 Å². The summed E-state index contributed by atoms with van der Waals surface area (Å²) >= 11 is 0. The molecule has 2 nitrogen and oxygen atoms in total. The molecule has 0 aromatic heterocycles. The van der Waals surface area contributed by atoms with Gasteiger partial charge in [0.15, 0.2) is 0 Å². The standard InChI is InChI=1S/C8H12O2/c1-5(2)3-6-4-7(6)8(9)10/h6-7H,1,3-4H2,2H3,(H,9,10)/t6-,7-/m0/s1. The van der Waals surface area contributed by atoms with Gasteiger partial charge in [0.2, 0.25) is 0 Å². The van der Waals surface area contributed by atoms with Crippen molar-refractivity contribution in [1.29, 1.82) is 0 Å². The maximum Gasteiger partial charge on any atom is 0.306 e. The third-order valence-corrected chi connectivity index (χ3v) is 1.85. The Morgan fingerprint density at radius 1 is 1.80 bits per heavy atom. The van der Waals surface area contributed by atoms with E-state index in [1.54, 1.807) is 0 Å². The molecule has 1 saturated carbocycles. The number of carbonyl (C=O) groups is 1. The average molecular weight is 140 g/mol. The SMILES string of the molecule is C=C(C)C[C@H]1C[C@@H]1C(=O)O. The minimum Gasteiger partial charge on any atom is -0.481 e. The second-order valence-corrected chi connectivity index (χ2v) is 3.10. The van der Waals surface area contributed by atoms with Crippen LogP contribution in [-0.2, 0) is 4.79 Å². The van der Waals surface area contributed by atoms with E-state index in [1.165, 1.54) is 0 Å². The molecule has 2 heteroatoms. The fourth-order valence-electron chi connectivity index (χ4n) is 1.22. The summed E-state index contributed by atoms with van der Waals surface area (Å²) in [6, 6.07) is 0. The Balaban J connectivity index is 2.26. The molecule has 1 rings (SSSR count). The minimum absolute atomic E-state index is 0.0725. The molecule has 0 heterocycles. The lowest BCUT2D eigenvalue weighted by Crippen LogP contribution is -1.99. The van der Waals surface area contributed by atoms with Gasteiger partial charge in [0.1, 0.15) is 0 Å². The number of hydrogen-bond donors (Lipinski definition) is 1. The second-order valence-electron chi connectivity index (χ2n) is 3.10. The number of carboxylic acid groups (broad SMARTS) is 1. The topological polar surface area (TPSA) is 37.3 Å². The zero-order chi connectivity index (χ0) is 7.72. The first-order chi connectivity index (χ1) is 4.61. The van der Waals surface area contributed by atoms with E-state index in [1.807, 2.05) is 6.92 Å². The van der Waals surface area contributed by atoms with Crippen LogP contribution in [0.25, 0.3) is 0 Å². The van der Waals surface area contributed by atoms with Crippen molar-refractivity contribution in [2.75, 3.05) is 0 Å². The fourth-order valence-corrected chi connectivity index (χ4v) is 1.22. The van der Waals surface area contributed by atoms with Crippen molar-refractivity contribution in [2.45, 2.75) is 19.8 Å². The molecule has 0 spiro atoms. The van der Waals surface area contributed by atoms with Crippen LogP contribution in [0.3, 0.4) is 0 Å². The maximum atomic E-state index is 10.3. The first kappa shape index (κ1) is 7.32. The lowest BCUT2D eigenvalue weighted by molar-refractivity contribution is -0.138. The third-order valence-electron chi connectivity index (χ3n) is 1.85. The fraction of sp³-hybridized carbons (Fsp3) is 0.625. The number of carboxylic acids is 1. The monoisotopic (exact) mass is 140 g/mol. The number of rotatable bonds is 3. The molecule has 0 bridgehead atoms. The van der Waals surface area contributed by atoms with E-state index in [0.29, 0.717) is 5.92 Å². The molecular weight excluding hydrogens is 128 g/mol. The van der Waals surface area contributed by atoms with E-state index in [2.05, 4.69) is 6.58 Å². The van der Waals surface area contributed by atoms with Gasteiger partial charge in [0, 0.05) is 0 Å². The number of allylic oxidation sites excluding steroid dienone is 1. The van der Waals surface area contributed by atoms with Gasteiger partial charge in [-0.15, -0.1) is 6.58 Å². The zero-order valence-corrected chi connectivity index (χ0v) is 6.13. The van der Waals surface area contributed by atoms with Crippen molar-refractivity contribution < 1.29 is 9.90 Å². The molecule has 1 aliphatic carbocycles. The summed E-state index contributed by atoms with van der Waals surface area (Å²) in [5.41, 5.74) is 1.09. The summed E-state index contributed by atoms with van der Waals surface area (Å²) in [6.07, 6.45) is 1.74. The molecule has 0 aromatic rings. The largest absolute Gasteiger partial charge is 0.481 e. The first-order valence-electron chi connectivity index (χ1n) is 3.48. The van der Waals surface area contributed by atoms with E-state index in [4.69, 9.17) is 5.11 Å². The van der Waals surface area contributed by atoms with Gasteiger partial charge in [-0.25, -0.2) is 0 Å². The quantitative estimate of drug-likeness (QED) is 0.605. The molecule has 10 heavy (non-hydrogen) atoms. The van der Waals surface area contributed by atoms with Crippen molar-refractivity contribution >= 4 is 5.97 Å². The Hall–Kier alpha value is -0.790. The molecular formula is C8H12O2. The van der Waals surface area contributed by atoms with Gasteiger partial charge in [0.25, 0.3) is 0 Å². The van der Waals surface area contributed by atoms with Crippen molar-refractivity contribution in [3.8, 4) is 0 Å². The Morgan fingerprint density at radius 2 is 2.40 bits per heavy atom. The van der Waals surface area contributed by atoms with Crippen LogP contribution in [0.1, 0.15) is 19.8 Å². The van der Waals surface area contributed by atoms with Gasteiger partial charge in [-0.2, -0.15) is 0 Å². The van der Waals surface area contributed by atoms with E-state index < -0.39 is 5.97 Å². The summed E-state index contributed by atoms with van der Waals surface area (Å²) in [5, 5.41) is 8.51. The van der Waals surface area contributed by atoms with Crippen LogP contribution in [0.4, 0.5) is 0 Å². The molecule has 1 aliphatic rings. The van der Waals surface area contributed by atoms with Crippen LogP contribution in [0.2, 0.25) is 0 Å². The van der Waals surface area contributed by atoms with Gasteiger partial charge in [-0.1, -0.05) is 5.57 Å². The smallest absolute Gasteiger partial charge is 0.306 e. The van der Waals surface area contributed by atoms with Gasteiger partial charge >= 0.3 is 5.97 Å². The van der Waals surface area contributed by atoms with Gasteiger partial charge in [-0.05, 0) is 25.7 Å². The predicted molar refractivity (Wildman–Crippen MR) is 38.7 cm³/mol. The van der Waals surface area contributed by atoms with Gasteiger partial charge in [0.05, 0.1) is 5.92 Å². The van der Waals surface area contributed by atoms with E-state index in [0.717, 1.165) is 18.4 Å². The average Bonchev–Trinajstić information content (AvgIpc) is 2.43. The Bertz CT molecular complexity index is 172. The highest BCUT2D eigenvalue weighted by Crippen LogP contribution is 2.42. The number of hydrogen-bond acceptors (Lipinski definition) is 1. The van der Waals surface area contributed by atoms with E-state index in [-0.39, 0.29) is 5.92 Å². The summed E-state index contributed by atoms with van der Waals surface area (Å²) in [4.78, 5) is 10.3. The van der Waals surface area contributed by atoms with Crippen LogP contribution in [0, 0.1) is 11.8 Å². The maximum absolute atomic E-state index is 10.3. The molecule has 0 aromatic carbocycles. The molecule has 0 radical (unpaired) electrons. The molecule has 0 unspecified atom stereocenters. The summed E-state index contributed by atoms with van der Waals surface area (Å²) in [5.74, 6) is -0.335. The third kappa shape index (κ3) is 1.59. The van der Waals surface area contributed by atoms with Crippen LogP contribution < -0.4 is 0 Å². The van der Waals surface area contributed by atoms with Gasteiger partial charge < -0.3 is 5.11 Å². The van der Waals surface area contributed by atoms with E-state index in [9.17, 15) is 4.79 Å². The Labute approximate surface area is 60.6 Å². The normalized spacial score (nSPS) is 29.7. The first-order valence-corrected chi connectivity index (χ1v) is 3.48. The van der Waals surface area contributed by atoms with Crippen molar-refractivity contribution in [3.63, 3.8) is 0 Å². The molecule has 2 atom stereocenters. The number of aliphatic carboxylic acids is 1. The van der Waals surface area contributed by atoms with Crippen LogP contribution >= 0.6 is 0 Å². The predicted octanol–water partition coefficient (Wildman–Crippen LogP) is 1.67. The Kier molecular flexibility index (Phi) is 1.79. The lowest BCUT2D eigenvalue weighted by atomic mass is 10.1. The van der Waals surface area contributed by atoms with Crippen LogP contribution in [-0.4, -0.2) is 11.1 Å². The molecule has 1 fully saturated rings. The zero-order valence-electron chi connectivity index (χ0n) is 6.13. The van der Waals surface area contributed by atoms with Crippen LogP contribution in [0.5, 0.6) is 0 Å². The lowest BCUT2D eigenvalue weighted by Gasteiger charge is -1.93. The molecule has 0 saturated heterocycles. The summed E-state index contributed by atoms with van der Waals surface area (Å²) in [6.45, 7) is 5.68. The molecule has 1 N–H and O–H groups in total. The van der Waals surface area contributed by atoms with E-state index >= 15 is 0 Å². The Morgan fingerprint density at radius 3 is 2.70 bits per heavy atom. The highest BCUT2D eigenvalue weighted by atomic mass is 16.4. The molecule has 0 aliphatic heterocycles. The summed E-state index contributed by atoms with van der Waals surface area (Å²) < 4.78 is 0. The minimum atomic E-state index is -0.647. The van der Waals surface area contributed by atoms with Crippen molar-refractivity contribution in [3.05, 3.63) is 12.2 Å². The second kappa shape index (κ2) is 2.45. The molecule has 0 amide bonds.